The van der Waals surface area contributed by atoms with E-state index in [9.17, 15) is 8.42 Å². The maximum atomic E-state index is 11.7. The van der Waals surface area contributed by atoms with Gasteiger partial charge in [-0.3, -0.25) is 4.90 Å². The zero-order valence-electron chi connectivity index (χ0n) is 10.3. The minimum atomic E-state index is -2.97. The Balaban J connectivity index is 2.80. The van der Waals surface area contributed by atoms with Gasteiger partial charge < -0.3 is 5.32 Å². The molecule has 0 aromatic rings. The third-order valence-corrected chi connectivity index (χ3v) is 5.66. The highest BCUT2D eigenvalue weighted by atomic mass is 32.2. The van der Waals surface area contributed by atoms with Gasteiger partial charge in [0.1, 0.15) is 5.37 Å². The molecule has 0 spiro atoms. The van der Waals surface area contributed by atoms with Crippen molar-refractivity contribution in [3.05, 3.63) is 0 Å². The van der Waals surface area contributed by atoms with Crippen LogP contribution in [0.15, 0.2) is 0 Å². The molecule has 2 atom stereocenters. The van der Waals surface area contributed by atoms with Crippen LogP contribution in [0.1, 0.15) is 13.3 Å². The van der Waals surface area contributed by atoms with Crippen LogP contribution in [0.3, 0.4) is 0 Å². The lowest BCUT2D eigenvalue weighted by Gasteiger charge is -2.39. The van der Waals surface area contributed by atoms with Crippen molar-refractivity contribution in [1.82, 2.24) is 10.2 Å². The third-order valence-electron chi connectivity index (χ3n) is 3.00. The van der Waals surface area contributed by atoms with Crippen LogP contribution < -0.4 is 5.32 Å². The highest BCUT2D eigenvalue weighted by molar-refractivity contribution is 8.00. The molecule has 96 valence electrons. The second-order valence-electron chi connectivity index (χ2n) is 4.22. The monoisotopic (exact) mass is 266 g/mol. The largest absolute Gasteiger partial charge is 0.318 e. The normalized spacial score (nSPS) is 25.6. The maximum Gasteiger partial charge on any atom is 0.164 e. The molecule has 6 heteroatoms. The second-order valence-corrected chi connectivity index (χ2v) is 7.57. The van der Waals surface area contributed by atoms with Crippen LogP contribution in [-0.2, 0) is 9.84 Å². The van der Waals surface area contributed by atoms with Gasteiger partial charge in [-0.25, -0.2) is 8.42 Å². The third kappa shape index (κ3) is 3.61. The highest BCUT2D eigenvalue weighted by Crippen LogP contribution is 2.23. The first kappa shape index (κ1) is 14.3. The molecule has 1 heterocycles. The zero-order chi connectivity index (χ0) is 12.2. The van der Waals surface area contributed by atoms with Gasteiger partial charge in [0, 0.05) is 36.9 Å². The number of nitrogens with one attached hydrogen (secondary N) is 1. The highest BCUT2D eigenvalue weighted by Gasteiger charge is 2.34. The summed E-state index contributed by atoms with van der Waals surface area (Å²) in [5.74, 6) is 1.74. The topological polar surface area (TPSA) is 49.4 Å². The van der Waals surface area contributed by atoms with Gasteiger partial charge in [0.2, 0.25) is 0 Å². The Bertz CT molecular complexity index is 306. The number of rotatable bonds is 5. The van der Waals surface area contributed by atoms with E-state index in [1.165, 1.54) is 6.26 Å². The summed E-state index contributed by atoms with van der Waals surface area (Å²) in [5.41, 5.74) is 0. The number of thioether (sulfide) groups is 1. The van der Waals surface area contributed by atoms with Crippen LogP contribution in [0.4, 0.5) is 0 Å². The molecule has 0 radical (unpaired) electrons. The Kier molecular flexibility index (Phi) is 5.56. The number of hydrogen-bond donors (Lipinski definition) is 1. The average molecular weight is 266 g/mol. The minimum absolute atomic E-state index is 0.301. The molecule has 0 saturated carbocycles. The molecule has 1 N–H and O–H groups in total. The van der Waals surface area contributed by atoms with Crippen molar-refractivity contribution in [3.8, 4) is 0 Å². The lowest BCUT2D eigenvalue weighted by molar-refractivity contribution is 0.185. The SMILES string of the molecule is CCC(CNC)N1CCSCC1S(C)(=O)=O. The molecule has 4 nitrogen and oxygen atoms in total. The molecular formula is C10H22N2O2S2. The maximum absolute atomic E-state index is 11.7. The Morgan fingerprint density at radius 1 is 1.56 bits per heavy atom. The van der Waals surface area contributed by atoms with Crippen molar-refractivity contribution in [1.29, 1.82) is 0 Å². The zero-order valence-corrected chi connectivity index (χ0v) is 11.9. The summed E-state index contributed by atoms with van der Waals surface area (Å²) in [6.07, 6.45) is 2.33. The second kappa shape index (κ2) is 6.23. The van der Waals surface area contributed by atoms with E-state index in [0.717, 1.165) is 25.3 Å². The molecule has 0 aromatic carbocycles. The van der Waals surface area contributed by atoms with E-state index in [2.05, 4.69) is 17.1 Å². The first-order chi connectivity index (χ1) is 7.50. The molecule has 16 heavy (non-hydrogen) atoms. The van der Waals surface area contributed by atoms with Gasteiger partial charge in [-0.15, -0.1) is 0 Å². The molecule has 1 saturated heterocycles. The van der Waals surface area contributed by atoms with Crippen LogP contribution in [-0.4, -0.2) is 62.6 Å². The van der Waals surface area contributed by atoms with Crippen molar-refractivity contribution >= 4 is 21.6 Å². The summed E-state index contributed by atoms with van der Waals surface area (Å²) >= 11 is 1.74. The van der Waals surface area contributed by atoms with E-state index in [1.807, 2.05) is 7.05 Å². The van der Waals surface area contributed by atoms with Gasteiger partial charge in [-0.2, -0.15) is 11.8 Å². The van der Waals surface area contributed by atoms with Gasteiger partial charge in [-0.05, 0) is 13.5 Å². The predicted octanol–water partition coefficient (Wildman–Crippen LogP) is 0.404. The molecular weight excluding hydrogens is 244 g/mol. The first-order valence-corrected chi connectivity index (χ1v) is 8.78. The van der Waals surface area contributed by atoms with Gasteiger partial charge in [0.25, 0.3) is 0 Å². The fourth-order valence-corrected chi connectivity index (χ4v) is 5.06. The van der Waals surface area contributed by atoms with Crippen molar-refractivity contribution in [2.45, 2.75) is 24.8 Å². The first-order valence-electron chi connectivity index (χ1n) is 5.67. The van der Waals surface area contributed by atoms with Gasteiger partial charge >= 0.3 is 0 Å². The molecule has 1 rings (SSSR count). The number of likely N-dealkylation sites (N-methyl/N-ethyl adjacent to an activating group) is 1. The number of hydrogen-bond acceptors (Lipinski definition) is 5. The smallest absolute Gasteiger partial charge is 0.164 e. The summed E-state index contributed by atoms with van der Waals surface area (Å²) in [6.45, 7) is 3.85. The molecule has 0 bridgehead atoms. The summed E-state index contributed by atoms with van der Waals surface area (Å²) < 4.78 is 23.5. The van der Waals surface area contributed by atoms with E-state index < -0.39 is 9.84 Å². The van der Waals surface area contributed by atoms with E-state index >= 15 is 0 Å². The van der Waals surface area contributed by atoms with E-state index in [1.54, 1.807) is 11.8 Å². The fraction of sp³-hybridized carbons (Fsp3) is 1.00. The lowest BCUT2D eigenvalue weighted by atomic mass is 10.2. The van der Waals surface area contributed by atoms with Crippen LogP contribution >= 0.6 is 11.8 Å². The summed E-state index contributed by atoms with van der Waals surface area (Å²) in [6, 6.07) is 0.325. The van der Waals surface area contributed by atoms with Gasteiger partial charge in [0.05, 0.1) is 0 Å². The van der Waals surface area contributed by atoms with Crippen molar-refractivity contribution in [2.75, 3.05) is 37.9 Å². The van der Waals surface area contributed by atoms with Gasteiger partial charge in [-0.1, -0.05) is 6.92 Å². The summed E-state index contributed by atoms with van der Waals surface area (Å²) in [7, 11) is -1.06. The quantitative estimate of drug-likeness (QED) is 0.781. The summed E-state index contributed by atoms with van der Waals surface area (Å²) in [5, 5.41) is 2.84. The Morgan fingerprint density at radius 3 is 2.75 bits per heavy atom. The molecule has 0 aromatic heterocycles. The molecule has 0 aliphatic carbocycles. The summed E-state index contributed by atoms with van der Waals surface area (Å²) in [4.78, 5) is 2.16. The fourth-order valence-electron chi connectivity index (χ4n) is 2.11. The Hall–Kier alpha value is 0.220. The minimum Gasteiger partial charge on any atom is -0.318 e. The molecule has 2 unspecified atom stereocenters. The van der Waals surface area contributed by atoms with Crippen LogP contribution in [0, 0.1) is 0 Å². The van der Waals surface area contributed by atoms with E-state index in [-0.39, 0.29) is 5.37 Å². The van der Waals surface area contributed by atoms with Crippen molar-refractivity contribution in [3.63, 3.8) is 0 Å². The van der Waals surface area contributed by atoms with Crippen LogP contribution in [0.5, 0.6) is 0 Å². The van der Waals surface area contributed by atoms with E-state index in [4.69, 9.17) is 0 Å². The Morgan fingerprint density at radius 2 is 2.25 bits per heavy atom. The van der Waals surface area contributed by atoms with Gasteiger partial charge in [0.15, 0.2) is 9.84 Å². The molecule has 1 fully saturated rings. The van der Waals surface area contributed by atoms with E-state index in [0.29, 0.717) is 11.8 Å². The van der Waals surface area contributed by atoms with Crippen molar-refractivity contribution < 1.29 is 8.42 Å². The molecule has 1 aliphatic heterocycles. The van der Waals surface area contributed by atoms with Crippen molar-refractivity contribution in [2.24, 2.45) is 0 Å². The molecule has 0 amide bonds. The standard InChI is InChI=1S/C10H22N2O2S2/c1-4-9(7-11-2)12-5-6-15-8-10(12)16(3,13)14/h9-11H,4-8H2,1-3H3. The number of nitrogens with zero attached hydrogens (tertiary/aromatic N) is 1. The van der Waals surface area contributed by atoms with Crippen LogP contribution in [0.25, 0.3) is 0 Å². The number of sulfone groups is 1. The van der Waals surface area contributed by atoms with Crippen LogP contribution in [0.2, 0.25) is 0 Å². The Labute approximate surface area is 103 Å². The average Bonchev–Trinajstić information content (AvgIpc) is 2.25. The molecule has 1 aliphatic rings. The predicted molar refractivity (Wildman–Crippen MR) is 70.7 cm³/mol. The lowest BCUT2D eigenvalue weighted by Crippen LogP contribution is -2.54.